The molecule has 4 aromatic rings. The smallest absolute Gasteiger partial charge is 0.187 e. The molecule has 0 N–H and O–H groups in total. The van der Waals surface area contributed by atoms with Gasteiger partial charge in [0.25, 0.3) is 0 Å². The van der Waals surface area contributed by atoms with Crippen LogP contribution in [0.4, 0.5) is 5.69 Å². The first-order valence-corrected chi connectivity index (χ1v) is 11.4. The van der Waals surface area contributed by atoms with E-state index < -0.39 is 0 Å². The number of unbranched alkanes of at least 4 members (excludes halogenated alkanes) is 2. The molecule has 0 radical (unpaired) electrons. The second kappa shape index (κ2) is 10.9. The highest BCUT2D eigenvalue weighted by atomic mass is 14.6. The lowest BCUT2D eigenvalue weighted by molar-refractivity contribution is 0.678. The lowest BCUT2D eigenvalue weighted by Gasteiger charge is -2.07. The molecule has 0 unspecified atom stereocenters. The first kappa shape index (κ1) is 22.1. The number of nitrogens with zero attached hydrogens (tertiary/aromatic N) is 2. The van der Waals surface area contributed by atoms with Crippen LogP contribution in [0.5, 0.6) is 0 Å². The van der Waals surface area contributed by atoms with E-state index in [0.717, 1.165) is 24.0 Å². The summed E-state index contributed by atoms with van der Waals surface area (Å²) in [5.41, 5.74) is 8.81. The molecule has 160 valence electrons. The molecule has 2 nitrogen and oxygen atoms in total. The predicted molar refractivity (Wildman–Crippen MR) is 136 cm³/mol. The molecule has 0 bridgehead atoms. The quantitative estimate of drug-likeness (QED) is 0.205. The van der Waals surface area contributed by atoms with Crippen LogP contribution < -0.4 is 0 Å². The molecular weight excluding hydrogens is 400 g/mol. The van der Waals surface area contributed by atoms with Gasteiger partial charge in [0.15, 0.2) is 5.69 Å². The summed E-state index contributed by atoms with van der Waals surface area (Å²) in [6, 6.07) is 35.3. The van der Waals surface area contributed by atoms with Gasteiger partial charge in [-0.25, -0.2) is 4.85 Å². The van der Waals surface area contributed by atoms with Gasteiger partial charge >= 0.3 is 0 Å². The van der Waals surface area contributed by atoms with E-state index in [1.807, 2.05) is 48.5 Å². The molecule has 0 aliphatic carbocycles. The van der Waals surface area contributed by atoms with E-state index in [-0.39, 0.29) is 0 Å². The molecule has 0 amide bonds. The Kier molecular flexibility index (Phi) is 7.32. The number of benzene rings is 4. The van der Waals surface area contributed by atoms with Crippen molar-refractivity contribution in [2.45, 2.75) is 32.1 Å². The normalized spacial score (nSPS) is 10.4. The van der Waals surface area contributed by atoms with Crippen molar-refractivity contribution in [2.75, 3.05) is 0 Å². The van der Waals surface area contributed by atoms with Crippen LogP contribution in [0.3, 0.4) is 0 Å². The molecule has 4 rings (SSSR count). The minimum absolute atomic E-state index is 0.678. The van der Waals surface area contributed by atoms with E-state index in [1.54, 1.807) is 0 Å². The van der Waals surface area contributed by atoms with Crippen molar-refractivity contribution in [2.24, 2.45) is 0 Å². The first-order valence-electron chi connectivity index (χ1n) is 11.4. The van der Waals surface area contributed by atoms with Crippen molar-refractivity contribution in [3.63, 3.8) is 0 Å². The minimum Gasteiger partial charge on any atom is -0.238 e. The van der Waals surface area contributed by atoms with E-state index in [0.29, 0.717) is 11.3 Å². The van der Waals surface area contributed by atoms with Crippen LogP contribution in [-0.4, -0.2) is 0 Å². The van der Waals surface area contributed by atoms with Gasteiger partial charge in [-0.1, -0.05) is 91.3 Å². The monoisotopic (exact) mass is 426 g/mol. The maximum atomic E-state index is 8.93. The summed E-state index contributed by atoms with van der Waals surface area (Å²) in [4.78, 5) is 3.45. The number of rotatable bonds is 8. The Morgan fingerprint density at radius 2 is 0.939 bits per heavy atom. The van der Waals surface area contributed by atoms with Crippen molar-refractivity contribution in [3.05, 3.63) is 125 Å². The minimum atomic E-state index is 0.678. The van der Waals surface area contributed by atoms with E-state index in [2.05, 4.69) is 59.4 Å². The molecule has 0 fully saturated rings. The third-order valence-electron chi connectivity index (χ3n) is 6.02. The Morgan fingerprint density at radius 1 is 0.545 bits per heavy atom. The van der Waals surface area contributed by atoms with Crippen molar-refractivity contribution >= 4 is 5.69 Å². The van der Waals surface area contributed by atoms with Gasteiger partial charge < -0.3 is 0 Å². The number of hydrogen-bond acceptors (Lipinski definition) is 1. The summed E-state index contributed by atoms with van der Waals surface area (Å²) >= 11 is 0. The predicted octanol–water partition coefficient (Wildman–Crippen LogP) is 8.40. The van der Waals surface area contributed by atoms with Crippen LogP contribution in [0.1, 0.15) is 36.0 Å². The van der Waals surface area contributed by atoms with Crippen molar-refractivity contribution in [3.8, 4) is 28.3 Å². The molecule has 0 saturated heterocycles. The first-order chi connectivity index (χ1) is 16.2. The van der Waals surface area contributed by atoms with Crippen molar-refractivity contribution in [1.82, 2.24) is 0 Å². The largest absolute Gasteiger partial charge is 0.238 e. The molecular formula is C31H26N2. The van der Waals surface area contributed by atoms with Crippen molar-refractivity contribution < 1.29 is 0 Å². The van der Waals surface area contributed by atoms with Gasteiger partial charge in [0.05, 0.1) is 18.2 Å². The van der Waals surface area contributed by atoms with Gasteiger partial charge in [-0.3, -0.25) is 0 Å². The van der Waals surface area contributed by atoms with Gasteiger partial charge in [-0.05, 0) is 71.2 Å². The Balaban J connectivity index is 1.21. The molecule has 4 aromatic carbocycles. The van der Waals surface area contributed by atoms with E-state index >= 15 is 0 Å². The summed E-state index contributed by atoms with van der Waals surface area (Å²) in [5, 5.41) is 8.93. The van der Waals surface area contributed by atoms with Crippen LogP contribution in [0.2, 0.25) is 0 Å². The Bertz CT molecular complexity index is 1150. The highest BCUT2D eigenvalue weighted by molar-refractivity contribution is 5.66. The molecule has 0 aliphatic rings. The number of hydrogen-bond donors (Lipinski definition) is 0. The van der Waals surface area contributed by atoms with E-state index in [1.165, 1.54) is 41.5 Å². The molecule has 0 aliphatic heterocycles. The van der Waals surface area contributed by atoms with E-state index in [9.17, 15) is 0 Å². The van der Waals surface area contributed by atoms with Gasteiger partial charge in [0, 0.05) is 0 Å². The van der Waals surface area contributed by atoms with Crippen LogP contribution in [0.15, 0.2) is 97.1 Å². The lowest BCUT2D eigenvalue weighted by atomic mass is 9.99. The second-order valence-electron chi connectivity index (χ2n) is 8.30. The summed E-state index contributed by atoms with van der Waals surface area (Å²) in [6.45, 7) is 7.06. The maximum absolute atomic E-state index is 8.93. The van der Waals surface area contributed by atoms with Crippen molar-refractivity contribution in [1.29, 1.82) is 5.26 Å². The third-order valence-corrected chi connectivity index (χ3v) is 6.02. The molecule has 0 spiro atoms. The Labute approximate surface area is 196 Å². The van der Waals surface area contributed by atoms with Gasteiger partial charge in [0.1, 0.15) is 0 Å². The zero-order chi connectivity index (χ0) is 22.9. The Hall–Kier alpha value is -4.14. The fraction of sp³-hybridized carbons (Fsp3) is 0.161. The molecule has 33 heavy (non-hydrogen) atoms. The third kappa shape index (κ3) is 5.97. The van der Waals surface area contributed by atoms with Gasteiger partial charge in [-0.2, -0.15) is 5.26 Å². The fourth-order valence-corrected chi connectivity index (χ4v) is 4.03. The topological polar surface area (TPSA) is 28.1 Å². The lowest BCUT2D eigenvalue weighted by Crippen LogP contribution is -1.90. The maximum Gasteiger partial charge on any atom is 0.187 e. The average Bonchev–Trinajstić information content (AvgIpc) is 2.89. The van der Waals surface area contributed by atoms with Crippen LogP contribution in [-0.2, 0) is 12.8 Å². The zero-order valence-corrected chi connectivity index (χ0v) is 18.7. The average molecular weight is 427 g/mol. The summed E-state index contributed by atoms with van der Waals surface area (Å²) in [5.74, 6) is 0. The molecule has 0 heterocycles. The SMILES string of the molecule is [C-]#[N+]c1ccc(-c2ccc(CCCCCc3ccc(-c4ccc(C#N)cc4)cc3)cc2)cc1. The standard InChI is InChI=1S/C31H26N2/c1-33-31-21-19-30(20-22-31)28-15-9-25(10-16-28)6-4-2-3-5-24-7-13-27(14-8-24)29-17-11-26(23-32)12-18-29/h7-22H,2-6H2. The van der Waals surface area contributed by atoms with Crippen LogP contribution in [0, 0.1) is 17.9 Å². The molecule has 0 atom stereocenters. The summed E-state index contributed by atoms with van der Waals surface area (Å²) in [6.07, 6.45) is 5.82. The zero-order valence-electron chi connectivity index (χ0n) is 18.7. The van der Waals surface area contributed by atoms with Gasteiger partial charge in [-0.15, -0.1) is 0 Å². The molecule has 0 aromatic heterocycles. The molecule has 2 heteroatoms. The summed E-state index contributed by atoms with van der Waals surface area (Å²) < 4.78 is 0. The highest BCUT2D eigenvalue weighted by Crippen LogP contribution is 2.24. The van der Waals surface area contributed by atoms with Gasteiger partial charge in [0.2, 0.25) is 0 Å². The van der Waals surface area contributed by atoms with E-state index in [4.69, 9.17) is 11.8 Å². The highest BCUT2D eigenvalue weighted by Gasteiger charge is 2.01. The number of nitriles is 1. The Morgan fingerprint density at radius 3 is 1.33 bits per heavy atom. The van der Waals surface area contributed by atoms with Crippen LogP contribution >= 0.6 is 0 Å². The van der Waals surface area contributed by atoms with Crippen LogP contribution in [0.25, 0.3) is 27.1 Å². The molecule has 0 saturated carbocycles. The second-order valence-corrected chi connectivity index (χ2v) is 8.30. The number of aryl methyl sites for hydroxylation is 2. The fourth-order valence-electron chi connectivity index (χ4n) is 4.03. The summed E-state index contributed by atoms with van der Waals surface area (Å²) in [7, 11) is 0.